The van der Waals surface area contributed by atoms with Gasteiger partial charge in [-0.2, -0.15) is 0 Å². The summed E-state index contributed by atoms with van der Waals surface area (Å²) in [6, 6.07) is 7.92. The SMILES string of the molecule is CNCCC(OI)c1cccc(OCCCC(=O)NC)c1. The number of rotatable bonds is 10. The number of ether oxygens (including phenoxy) is 1. The van der Waals surface area contributed by atoms with E-state index in [1.54, 1.807) is 7.05 Å². The maximum atomic E-state index is 11.1. The van der Waals surface area contributed by atoms with Crippen LogP contribution in [0.15, 0.2) is 24.3 Å². The van der Waals surface area contributed by atoms with Crippen LogP contribution in [0.2, 0.25) is 0 Å². The van der Waals surface area contributed by atoms with Gasteiger partial charge in [-0.05, 0) is 44.1 Å². The average Bonchev–Trinajstić information content (AvgIpc) is 2.52. The maximum absolute atomic E-state index is 11.1. The van der Waals surface area contributed by atoms with Crippen molar-refractivity contribution in [1.82, 2.24) is 10.6 Å². The molecule has 0 aliphatic heterocycles. The molecule has 0 aliphatic carbocycles. The quantitative estimate of drug-likeness (QED) is 0.463. The molecule has 0 spiro atoms. The molecule has 5 nitrogen and oxygen atoms in total. The minimum Gasteiger partial charge on any atom is -0.494 e. The molecule has 0 aromatic heterocycles. The molecule has 1 aromatic rings. The lowest BCUT2D eigenvalue weighted by atomic mass is 10.1. The highest BCUT2D eigenvalue weighted by molar-refractivity contribution is 14.1. The van der Waals surface area contributed by atoms with Crippen molar-refractivity contribution >= 4 is 28.9 Å². The molecule has 1 atom stereocenters. The molecule has 1 unspecified atom stereocenters. The molecule has 0 fully saturated rings. The van der Waals surface area contributed by atoms with Gasteiger partial charge in [0.2, 0.25) is 5.91 Å². The van der Waals surface area contributed by atoms with E-state index >= 15 is 0 Å². The Morgan fingerprint density at radius 1 is 1.38 bits per heavy atom. The lowest BCUT2D eigenvalue weighted by Gasteiger charge is -2.15. The molecular weight excluding hydrogens is 383 g/mol. The van der Waals surface area contributed by atoms with E-state index in [-0.39, 0.29) is 12.0 Å². The fourth-order valence-electron chi connectivity index (χ4n) is 1.89. The summed E-state index contributed by atoms with van der Waals surface area (Å²) in [4.78, 5) is 11.1. The van der Waals surface area contributed by atoms with Gasteiger partial charge in [-0.1, -0.05) is 12.1 Å². The number of amides is 1. The highest BCUT2D eigenvalue weighted by Crippen LogP contribution is 2.26. The first kappa shape index (κ1) is 18.2. The molecule has 1 amide bonds. The number of halogens is 1. The number of carbonyl (C=O) groups is 1. The predicted octanol–water partition coefficient (Wildman–Crippen LogP) is 2.61. The zero-order valence-corrected chi connectivity index (χ0v) is 14.7. The van der Waals surface area contributed by atoms with Crippen LogP contribution in [0.3, 0.4) is 0 Å². The molecule has 21 heavy (non-hydrogen) atoms. The second-order valence-corrected chi connectivity index (χ2v) is 5.18. The van der Waals surface area contributed by atoms with Crippen LogP contribution in [-0.2, 0) is 7.86 Å². The van der Waals surface area contributed by atoms with Gasteiger partial charge in [-0.3, -0.25) is 4.79 Å². The molecule has 1 rings (SSSR count). The molecule has 0 radical (unpaired) electrons. The molecule has 118 valence electrons. The van der Waals surface area contributed by atoms with Crippen molar-refractivity contribution in [3.63, 3.8) is 0 Å². The fourth-order valence-corrected chi connectivity index (χ4v) is 2.44. The highest BCUT2D eigenvalue weighted by Gasteiger charge is 2.11. The third-order valence-corrected chi connectivity index (χ3v) is 3.70. The Balaban J connectivity index is 2.49. The number of nitrogens with one attached hydrogen (secondary N) is 2. The Labute approximate surface area is 140 Å². The van der Waals surface area contributed by atoms with Crippen LogP contribution in [0, 0.1) is 0 Å². The fraction of sp³-hybridized carbons (Fsp3) is 0.533. The number of benzene rings is 1. The molecule has 0 saturated carbocycles. The maximum Gasteiger partial charge on any atom is 0.219 e. The number of hydrogen-bond acceptors (Lipinski definition) is 4. The predicted molar refractivity (Wildman–Crippen MR) is 91.6 cm³/mol. The van der Waals surface area contributed by atoms with Crippen molar-refractivity contribution in [3.05, 3.63) is 29.8 Å². The minimum atomic E-state index is 0.0396. The average molecular weight is 406 g/mol. The monoisotopic (exact) mass is 406 g/mol. The Morgan fingerprint density at radius 2 is 2.19 bits per heavy atom. The molecule has 0 aliphatic rings. The third kappa shape index (κ3) is 7.10. The topological polar surface area (TPSA) is 59.6 Å². The van der Waals surface area contributed by atoms with Gasteiger partial charge in [0.05, 0.1) is 12.7 Å². The van der Waals surface area contributed by atoms with Gasteiger partial charge in [0, 0.05) is 13.5 Å². The molecule has 0 bridgehead atoms. The highest BCUT2D eigenvalue weighted by atomic mass is 127. The Hall–Kier alpha value is -0.860. The van der Waals surface area contributed by atoms with Gasteiger partial charge >= 0.3 is 0 Å². The second kappa shape index (κ2) is 10.8. The van der Waals surface area contributed by atoms with E-state index < -0.39 is 0 Å². The molecule has 0 heterocycles. The molecule has 6 heteroatoms. The van der Waals surface area contributed by atoms with Crippen LogP contribution in [0.1, 0.15) is 30.9 Å². The molecule has 0 saturated heterocycles. The standard InChI is InChI=1S/C15H23IN2O3/c1-17-9-8-14(21-16)12-5-3-6-13(11-12)20-10-4-7-15(19)18-2/h3,5-6,11,14,17H,4,7-10H2,1-2H3,(H,18,19). The van der Waals surface area contributed by atoms with Gasteiger partial charge in [-0.15, -0.1) is 0 Å². The molecular formula is C15H23IN2O3. The third-order valence-electron chi connectivity index (χ3n) is 3.09. The van der Waals surface area contributed by atoms with Crippen molar-refractivity contribution in [2.45, 2.75) is 25.4 Å². The summed E-state index contributed by atoms with van der Waals surface area (Å²) in [6.07, 6.45) is 2.14. The summed E-state index contributed by atoms with van der Waals surface area (Å²) in [5.74, 6) is 0.852. The van der Waals surface area contributed by atoms with Crippen LogP contribution in [-0.4, -0.2) is 33.2 Å². The first-order valence-electron chi connectivity index (χ1n) is 7.06. The van der Waals surface area contributed by atoms with E-state index in [0.717, 1.165) is 24.3 Å². The smallest absolute Gasteiger partial charge is 0.219 e. The van der Waals surface area contributed by atoms with E-state index in [9.17, 15) is 4.79 Å². The van der Waals surface area contributed by atoms with Gasteiger partial charge in [0.25, 0.3) is 0 Å². The van der Waals surface area contributed by atoms with Gasteiger partial charge in [-0.25, -0.2) is 0 Å². The first-order valence-corrected chi connectivity index (χ1v) is 7.94. The van der Waals surface area contributed by atoms with Crippen LogP contribution in [0.4, 0.5) is 0 Å². The van der Waals surface area contributed by atoms with Gasteiger partial charge in [0.1, 0.15) is 28.8 Å². The van der Waals surface area contributed by atoms with E-state index in [1.165, 1.54) is 0 Å². The minimum absolute atomic E-state index is 0.0396. The van der Waals surface area contributed by atoms with Gasteiger partial charge in [0.15, 0.2) is 0 Å². The van der Waals surface area contributed by atoms with Crippen LogP contribution >= 0.6 is 23.0 Å². The summed E-state index contributed by atoms with van der Waals surface area (Å²) in [5, 5.41) is 5.72. The zero-order valence-electron chi connectivity index (χ0n) is 12.5. The van der Waals surface area contributed by atoms with Crippen LogP contribution in [0.5, 0.6) is 5.75 Å². The normalized spacial score (nSPS) is 12.0. The summed E-state index contributed by atoms with van der Waals surface area (Å²) in [7, 11) is 3.57. The van der Waals surface area contributed by atoms with Crippen LogP contribution < -0.4 is 15.4 Å². The van der Waals surface area contributed by atoms with Gasteiger partial charge < -0.3 is 18.4 Å². The second-order valence-electron chi connectivity index (χ2n) is 4.67. The summed E-state index contributed by atoms with van der Waals surface area (Å²) >= 11 is 1.94. The Kier molecular flexibility index (Phi) is 9.36. The lowest BCUT2D eigenvalue weighted by Crippen LogP contribution is -2.18. The van der Waals surface area contributed by atoms with E-state index in [0.29, 0.717) is 19.4 Å². The zero-order chi connectivity index (χ0) is 15.5. The largest absolute Gasteiger partial charge is 0.494 e. The van der Waals surface area contributed by atoms with E-state index in [2.05, 4.69) is 10.6 Å². The summed E-state index contributed by atoms with van der Waals surface area (Å²) in [6.45, 7) is 1.42. The van der Waals surface area contributed by atoms with E-state index in [1.807, 2.05) is 54.3 Å². The summed E-state index contributed by atoms with van der Waals surface area (Å²) < 4.78 is 11.2. The lowest BCUT2D eigenvalue weighted by molar-refractivity contribution is -0.120. The van der Waals surface area contributed by atoms with Crippen molar-refractivity contribution < 1.29 is 12.6 Å². The first-order chi connectivity index (χ1) is 10.2. The Morgan fingerprint density at radius 3 is 2.86 bits per heavy atom. The summed E-state index contributed by atoms with van der Waals surface area (Å²) in [5.41, 5.74) is 1.10. The molecule has 1 aromatic carbocycles. The van der Waals surface area contributed by atoms with Crippen molar-refractivity contribution in [1.29, 1.82) is 0 Å². The Bertz CT molecular complexity index is 429. The number of carbonyl (C=O) groups excluding carboxylic acids is 1. The van der Waals surface area contributed by atoms with E-state index in [4.69, 9.17) is 7.80 Å². The van der Waals surface area contributed by atoms with Crippen molar-refractivity contribution in [2.24, 2.45) is 0 Å². The van der Waals surface area contributed by atoms with Crippen molar-refractivity contribution in [3.8, 4) is 5.75 Å². The van der Waals surface area contributed by atoms with Crippen molar-refractivity contribution in [2.75, 3.05) is 27.2 Å². The molecule has 2 N–H and O–H groups in total. The number of hydrogen-bond donors (Lipinski definition) is 2. The van der Waals surface area contributed by atoms with Crippen LogP contribution in [0.25, 0.3) is 0 Å².